The van der Waals surface area contributed by atoms with Crippen molar-refractivity contribution in [3.05, 3.63) is 35.9 Å². The van der Waals surface area contributed by atoms with Crippen LogP contribution in [0.5, 0.6) is 0 Å². The number of esters is 1. The highest BCUT2D eigenvalue weighted by Crippen LogP contribution is 2.35. The number of benzene rings is 1. The smallest absolute Gasteiger partial charge is 0.303 e. The van der Waals surface area contributed by atoms with Gasteiger partial charge in [0.2, 0.25) is 0 Å². The second-order valence-corrected chi connectivity index (χ2v) is 5.52. The molecule has 0 saturated carbocycles. The van der Waals surface area contributed by atoms with E-state index < -0.39 is 43.0 Å². The van der Waals surface area contributed by atoms with Gasteiger partial charge in [-0.05, 0) is 0 Å². The molecule has 6 atom stereocenters. The molecule has 1 N–H and O–H groups in total. The SMILES string of the molecule is CO[C@@H]1O[C@@H]2COC(c3ccccc3)O[C@H]2[C@H](OC(C)=O)[C@H]1O. The van der Waals surface area contributed by atoms with Crippen LogP contribution in [0.4, 0.5) is 0 Å². The van der Waals surface area contributed by atoms with Crippen molar-refractivity contribution in [3.63, 3.8) is 0 Å². The van der Waals surface area contributed by atoms with Crippen LogP contribution in [0.1, 0.15) is 18.8 Å². The Kier molecular flexibility index (Phi) is 4.93. The molecule has 1 aromatic rings. The standard InChI is InChI=1S/C16H20O7/c1-9(17)21-14-12(18)16(19-2)22-11-8-20-15(23-13(11)14)10-6-4-3-5-7-10/h3-7,11-16,18H,8H2,1-2H3/t11-,12-,13-,14-,15?,16-/m1/s1. The van der Waals surface area contributed by atoms with E-state index in [-0.39, 0.29) is 6.61 Å². The molecule has 126 valence electrons. The molecule has 3 rings (SSSR count). The first-order chi connectivity index (χ1) is 11.1. The molecule has 7 heteroatoms. The molecule has 2 aliphatic heterocycles. The Bertz CT molecular complexity index is 534. The predicted molar refractivity (Wildman–Crippen MR) is 77.2 cm³/mol. The zero-order chi connectivity index (χ0) is 16.4. The summed E-state index contributed by atoms with van der Waals surface area (Å²) in [4.78, 5) is 11.4. The minimum atomic E-state index is -1.14. The van der Waals surface area contributed by atoms with Crippen molar-refractivity contribution in [2.45, 2.75) is 43.9 Å². The zero-order valence-corrected chi connectivity index (χ0v) is 13.0. The number of ether oxygens (including phenoxy) is 5. The van der Waals surface area contributed by atoms with Gasteiger partial charge in [-0.3, -0.25) is 4.79 Å². The Morgan fingerprint density at radius 3 is 2.65 bits per heavy atom. The van der Waals surface area contributed by atoms with Gasteiger partial charge in [-0.25, -0.2) is 0 Å². The van der Waals surface area contributed by atoms with Crippen LogP contribution in [0.2, 0.25) is 0 Å². The van der Waals surface area contributed by atoms with Gasteiger partial charge in [0, 0.05) is 19.6 Å². The molecular formula is C16H20O7. The van der Waals surface area contributed by atoms with Crippen molar-refractivity contribution in [2.24, 2.45) is 0 Å². The number of fused-ring (bicyclic) bond motifs is 1. The highest BCUT2D eigenvalue weighted by atomic mass is 16.8. The van der Waals surface area contributed by atoms with Gasteiger partial charge < -0.3 is 28.8 Å². The van der Waals surface area contributed by atoms with Crippen molar-refractivity contribution in [3.8, 4) is 0 Å². The van der Waals surface area contributed by atoms with Gasteiger partial charge in [0.05, 0.1) is 6.61 Å². The Morgan fingerprint density at radius 1 is 1.26 bits per heavy atom. The van der Waals surface area contributed by atoms with E-state index in [2.05, 4.69) is 0 Å². The number of carbonyl (C=O) groups is 1. The number of rotatable bonds is 3. The van der Waals surface area contributed by atoms with Crippen LogP contribution in [0, 0.1) is 0 Å². The number of aliphatic hydroxyl groups is 1. The van der Waals surface area contributed by atoms with Crippen LogP contribution in [0.15, 0.2) is 30.3 Å². The summed E-state index contributed by atoms with van der Waals surface area (Å²) < 4.78 is 27.6. The maximum absolute atomic E-state index is 11.4. The van der Waals surface area contributed by atoms with E-state index >= 15 is 0 Å². The van der Waals surface area contributed by atoms with Crippen molar-refractivity contribution in [1.82, 2.24) is 0 Å². The molecule has 1 unspecified atom stereocenters. The lowest BCUT2D eigenvalue weighted by Gasteiger charge is -2.46. The Hall–Kier alpha value is -1.51. The number of hydrogen-bond acceptors (Lipinski definition) is 7. The molecule has 7 nitrogen and oxygen atoms in total. The Balaban J connectivity index is 1.80. The second kappa shape index (κ2) is 6.94. The van der Waals surface area contributed by atoms with E-state index in [1.165, 1.54) is 14.0 Å². The molecule has 2 heterocycles. The van der Waals surface area contributed by atoms with Crippen molar-refractivity contribution < 1.29 is 33.6 Å². The summed E-state index contributed by atoms with van der Waals surface area (Å²) in [5, 5.41) is 10.3. The molecule has 0 bridgehead atoms. The van der Waals surface area contributed by atoms with Gasteiger partial charge in [0.1, 0.15) is 18.3 Å². The molecule has 0 amide bonds. The second-order valence-electron chi connectivity index (χ2n) is 5.52. The number of aliphatic hydroxyl groups excluding tert-OH is 1. The first-order valence-corrected chi connectivity index (χ1v) is 7.45. The largest absolute Gasteiger partial charge is 0.457 e. The minimum Gasteiger partial charge on any atom is -0.457 e. The molecule has 2 saturated heterocycles. The van der Waals surface area contributed by atoms with Gasteiger partial charge in [-0.15, -0.1) is 0 Å². The fourth-order valence-corrected chi connectivity index (χ4v) is 2.86. The van der Waals surface area contributed by atoms with Crippen LogP contribution < -0.4 is 0 Å². The summed E-state index contributed by atoms with van der Waals surface area (Å²) >= 11 is 0. The average molecular weight is 324 g/mol. The molecule has 2 aliphatic rings. The summed E-state index contributed by atoms with van der Waals surface area (Å²) in [6, 6.07) is 9.41. The fraction of sp³-hybridized carbons (Fsp3) is 0.562. The van der Waals surface area contributed by atoms with Gasteiger partial charge in [0.25, 0.3) is 0 Å². The fourth-order valence-electron chi connectivity index (χ4n) is 2.86. The van der Waals surface area contributed by atoms with E-state index in [4.69, 9.17) is 23.7 Å². The van der Waals surface area contributed by atoms with E-state index in [1.807, 2.05) is 30.3 Å². The molecule has 2 fully saturated rings. The predicted octanol–water partition coefficient (Wildman–Crippen LogP) is 0.764. The quantitative estimate of drug-likeness (QED) is 0.822. The van der Waals surface area contributed by atoms with E-state index in [9.17, 15) is 9.90 Å². The molecule has 0 aliphatic carbocycles. The summed E-state index contributed by atoms with van der Waals surface area (Å²) in [7, 11) is 1.41. The molecular weight excluding hydrogens is 304 g/mol. The molecule has 0 radical (unpaired) electrons. The Labute approximate surface area is 134 Å². The molecule has 0 spiro atoms. The highest BCUT2D eigenvalue weighted by molar-refractivity contribution is 5.66. The van der Waals surface area contributed by atoms with Crippen molar-refractivity contribution in [2.75, 3.05) is 13.7 Å². The topological polar surface area (TPSA) is 83.5 Å². The van der Waals surface area contributed by atoms with Crippen LogP contribution in [0.25, 0.3) is 0 Å². The third-order valence-electron chi connectivity index (χ3n) is 3.91. The maximum atomic E-state index is 11.4. The van der Waals surface area contributed by atoms with Gasteiger partial charge >= 0.3 is 5.97 Å². The molecule has 23 heavy (non-hydrogen) atoms. The molecule has 0 aromatic heterocycles. The number of methoxy groups -OCH3 is 1. The van der Waals surface area contributed by atoms with Gasteiger partial charge in [0.15, 0.2) is 18.7 Å². The third kappa shape index (κ3) is 3.39. The maximum Gasteiger partial charge on any atom is 0.303 e. The first kappa shape index (κ1) is 16.4. The summed E-state index contributed by atoms with van der Waals surface area (Å²) in [6.45, 7) is 1.53. The summed E-state index contributed by atoms with van der Waals surface area (Å²) in [6.07, 6.45) is -4.66. The lowest BCUT2D eigenvalue weighted by atomic mass is 9.97. The summed E-state index contributed by atoms with van der Waals surface area (Å²) in [5.74, 6) is -0.504. The van der Waals surface area contributed by atoms with Crippen LogP contribution in [0.3, 0.4) is 0 Å². The van der Waals surface area contributed by atoms with Crippen molar-refractivity contribution in [1.29, 1.82) is 0 Å². The molecule has 1 aromatic carbocycles. The lowest BCUT2D eigenvalue weighted by molar-refractivity contribution is -0.358. The highest BCUT2D eigenvalue weighted by Gasteiger charge is 2.51. The van der Waals surface area contributed by atoms with Crippen LogP contribution in [-0.2, 0) is 28.5 Å². The number of carbonyl (C=O) groups excluding carboxylic acids is 1. The monoisotopic (exact) mass is 324 g/mol. The van der Waals surface area contributed by atoms with Gasteiger partial charge in [-0.2, -0.15) is 0 Å². The van der Waals surface area contributed by atoms with Crippen molar-refractivity contribution >= 4 is 5.97 Å². The minimum absolute atomic E-state index is 0.245. The lowest BCUT2D eigenvalue weighted by Crippen LogP contribution is -2.63. The van der Waals surface area contributed by atoms with Crippen LogP contribution in [-0.4, -0.2) is 55.5 Å². The van der Waals surface area contributed by atoms with E-state index in [0.717, 1.165) is 5.56 Å². The third-order valence-corrected chi connectivity index (χ3v) is 3.91. The normalized spacial score (nSPS) is 37.0. The Morgan fingerprint density at radius 2 is 2.00 bits per heavy atom. The van der Waals surface area contributed by atoms with Crippen LogP contribution >= 0.6 is 0 Å². The average Bonchev–Trinajstić information content (AvgIpc) is 2.57. The van der Waals surface area contributed by atoms with Gasteiger partial charge in [-0.1, -0.05) is 30.3 Å². The zero-order valence-electron chi connectivity index (χ0n) is 13.0. The number of hydrogen-bond donors (Lipinski definition) is 1. The van der Waals surface area contributed by atoms with E-state index in [0.29, 0.717) is 0 Å². The summed E-state index contributed by atoms with van der Waals surface area (Å²) in [5.41, 5.74) is 0.843. The van der Waals surface area contributed by atoms with E-state index in [1.54, 1.807) is 0 Å². The first-order valence-electron chi connectivity index (χ1n) is 7.45.